The summed E-state index contributed by atoms with van der Waals surface area (Å²) in [5, 5.41) is 23.6. The molecule has 0 bridgehead atoms. The zero-order valence-electron chi connectivity index (χ0n) is 19.3. The topological polar surface area (TPSA) is 133 Å². The number of carboxylic acids is 2. The van der Waals surface area contributed by atoms with E-state index in [-0.39, 0.29) is 17.0 Å². The first kappa shape index (κ1) is 25.5. The van der Waals surface area contributed by atoms with Crippen LogP contribution in [0.3, 0.4) is 0 Å². The van der Waals surface area contributed by atoms with Crippen LogP contribution in [0.4, 0.5) is 11.4 Å². The molecule has 0 aliphatic rings. The molecule has 3 aromatic rings. The Morgan fingerprint density at radius 3 is 2.23 bits per heavy atom. The standard InChI is InChI=1S/C26H24N2O6S/c1-14-7-10-22(15(2)11-14)28-23(29)16(3)35-19-6-4-5-18(13-19)27-24(30)20-9-8-17(25(31)32)12-21(20)26(33)34/h4-13,16H,1-3H3,(H,27,30)(H,28,29)(H,31,32)(H,33,34). The van der Waals surface area contributed by atoms with Crippen molar-refractivity contribution in [1.82, 2.24) is 0 Å². The summed E-state index contributed by atoms with van der Waals surface area (Å²) < 4.78 is 0. The highest BCUT2D eigenvalue weighted by Crippen LogP contribution is 2.27. The molecule has 0 saturated carbocycles. The molecule has 1 atom stereocenters. The number of hydrogen-bond donors (Lipinski definition) is 4. The molecule has 0 heterocycles. The highest BCUT2D eigenvalue weighted by atomic mass is 32.2. The number of aromatic carboxylic acids is 2. The SMILES string of the molecule is Cc1ccc(NC(=O)C(C)Sc2cccc(NC(=O)c3ccc(C(=O)O)cc3C(=O)O)c2)c(C)c1. The third-order valence-electron chi connectivity index (χ3n) is 5.16. The molecular weight excluding hydrogens is 468 g/mol. The van der Waals surface area contributed by atoms with Gasteiger partial charge in [0.1, 0.15) is 0 Å². The molecule has 8 nitrogen and oxygen atoms in total. The van der Waals surface area contributed by atoms with Gasteiger partial charge in [-0.25, -0.2) is 9.59 Å². The van der Waals surface area contributed by atoms with Gasteiger partial charge in [-0.05, 0) is 68.8 Å². The number of hydrogen-bond acceptors (Lipinski definition) is 5. The van der Waals surface area contributed by atoms with Crippen molar-refractivity contribution >= 4 is 46.9 Å². The van der Waals surface area contributed by atoms with Gasteiger partial charge in [0.15, 0.2) is 0 Å². The van der Waals surface area contributed by atoms with Crippen LogP contribution in [0.2, 0.25) is 0 Å². The van der Waals surface area contributed by atoms with Crippen LogP contribution in [0.5, 0.6) is 0 Å². The number of anilines is 2. The lowest BCUT2D eigenvalue weighted by Crippen LogP contribution is -2.22. The number of benzene rings is 3. The number of aryl methyl sites for hydroxylation is 2. The van der Waals surface area contributed by atoms with E-state index in [1.807, 2.05) is 32.0 Å². The van der Waals surface area contributed by atoms with Crippen molar-refractivity contribution in [2.45, 2.75) is 30.9 Å². The van der Waals surface area contributed by atoms with Crippen molar-refractivity contribution in [3.63, 3.8) is 0 Å². The quantitative estimate of drug-likeness (QED) is 0.323. The van der Waals surface area contributed by atoms with Gasteiger partial charge in [-0.1, -0.05) is 23.8 Å². The van der Waals surface area contributed by atoms with Crippen LogP contribution >= 0.6 is 11.8 Å². The van der Waals surface area contributed by atoms with Gasteiger partial charge in [0.25, 0.3) is 5.91 Å². The Morgan fingerprint density at radius 1 is 0.829 bits per heavy atom. The van der Waals surface area contributed by atoms with E-state index in [0.717, 1.165) is 27.8 Å². The number of thioether (sulfide) groups is 1. The molecule has 0 saturated heterocycles. The molecule has 3 aromatic carbocycles. The Balaban J connectivity index is 1.71. The molecule has 0 aliphatic carbocycles. The van der Waals surface area contributed by atoms with Gasteiger partial charge in [-0.15, -0.1) is 11.8 Å². The van der Waals surface area contributed by atoms with E-state index in [9.17, 15) is 24.3 Å². The summed E-state index contributed by atoms with van der Waals surface area (Å²) in [6, 6.07) is 15.9. The normalized spacial score (nSPS) is 11.4. The van der Waals surface area contributed by atoms with Crippen LogP contribution in [0.1, 0.15) is 49.1 Å². The van der Waals surface area contributed by atoms with Gasteiger partial charge in [0.2, 0.25) is 5.91 Å². The van der Waals surface area contributed by atoms with Gasteiger partial charge in [0.05, 0.1) is 21.9 Å². The lowest BCUT2D eigenvalue weighted by Gasteiger charge is -2.15. The summed E-state index contributed by atoms with van der Waals surface area (Å²) in [5.74, 6) is -3.56. The molecule has 0 aliphatic heterocycles. The van der Waals surface area contributed by atoms with Gasteiger partial charge in [0, 0.05) is 16.3 Å². The molecule has 3 rings (SSSR count). The van der Waals surface area contributed by atoms with Crippen molar-refractivity contribution in [3.8, 4) is 0 Å². The third-order valence-corrected chi connectivity index (χ3v) is 6.25. The average molecular weight is 493 g/mol. The molecule has 9 heteroatoms. The summed E-state index contributed by atoms with van der Waals surface area (Å²) in [4.78, 5) is 48.8. The summed E-state index contributed by atoms with van der Waals surface area (Å²) in [5.41, 5.74) is 2.42. The van der Waals surface area contributed by atoms with Crippen molar-refractivity contribution in [2.75, 3.05) is 10.6 Å². The van der Waals surface area contributed by atoms with Gasteiger partial charge < -0.3 is 20.8 Å². The van der Waals surface area contributed by atoms with Crippen molar-refractivity contribution in [1.29, 1.82) is 0 Å². The molecule has 0 fully saturated rings. The van der Waals surface area contributed by atoms with Crippen LogP contribution in [-0.4, -0.2) is 39.2 Å². The first-order valence-electron chi connectivity index (χ1n) is 10.6. The molecule has 0 radical (unpaired) electrons. The monoisotopic (exact) mass is 492 g/mol. The third kappa shape index (κ3) is 6.48. The van der Waals surface area contributed by atoms with Crippen LogP contribution < -0.4 is 10.6 Å². The Hall–Kier alpha value is -4.11. The van der Waals surface area contributed by atoms with Gasteiger partial charge in [-0.2, -0.15) is 0 Å². The predicted molar refractivity (Wildman–Crippen MR) is 135 cm³/mol. The van der Waals surface area contributed by atoms with Crippen molar-refractivity contribution in [3.05, 3.63) is 88.5 Å². The minimum absolute atomic E-state index is 0.165. The fraction of sp³-hybridized carbons (Fsp3) is 0.154. The number of carboxylic acid groups (broad SMARTS) is 2. The van der Waals surface area contributed by atoms with E-state index < -0.39 is 28.7 Å². The zero-order valence-corrected chi connectivity index (χ0v) is 20.1. The smallest absolute Gasteiger partial charge is 0.336 e. The van der Waals surface area contributed by atoms with Crippen LogP contribution in [-0.2, 0) is 4.79 Å². The number of amides is 2. The lowest BCUT2D eigenvalue weighted by molar-refractivity contribution is -0.115. The predicted octanol–water partition coefficient (Wildman–Crippen LogP) is 5.07. The number of nitrogens with one attached hydrogen (secondary N) is 2. The minimum atomic E-state index is -1.41. The minimum Gasteiger partial charge on any atom is -0.478 e. The Kier molecular flexibility index (Phi) is 7.93. The first-order valence-corrected chi connectivity index (χ1v) is 11.5. The summed E-state index contributed by atoms with van der Waals surface area (Å²) in [7, 11) is 0. The number of rotatable bonds is 8. The van der Waals surface area contributed by atoms with E-state index >= 15 is 0 Å². The van der Waals surface area contributed by atoms with Crippen LogP contribution in [0.15, 0.2) is 65.6 Å². The maximum absolute atomic E-state index is 12.7. The zero-order chi connectivity index (χ0) is 25.7. The van der Waals surface area contributed by atoms with E-state index in [1.165, 1.54) is 23.9 Å². The van der Waals surface area contributed by atoms with Gasteiger partial charge >= 0.3 is 11.9 Å². The maximum Gasteiger partial charge on any atom is 0.336 e. The summed E-state index contributed by atoms with van der Waals surface area (Å²) >= 11 is 1.31. The molecule has 4 N–H and O–H groups in total. The van der Waals surface area contributed by atoms with E-state index in [4.69, 9.17) is 5.11 Å². The Labute approximate surface area is 206 Å². The van der Waals surface area contributed by atoms with E-state index in [1.54, 1.807) is 31.2 Å². The van der Waals surface area contributed by atoms with Gasteiger partial charge in [-0.3, -0.25) is 9.59 Å². The summed E-state index contributed by atoms with van der Waals surface area (Å²) in [6.45, 7) is 5.69. The van der Waals surface area contributed by atoms with E-state index in [2.05, 4.69) is 10.6 Å². The second kappa shape index (κ2) is 10.9. The Bertz CT molecular complexity index is 1320. The molecule has 0 aromatic heterocycles. The average Bonchev–Trinajstić information content (AvgIpc) is 2.80. The molecule has 2 amide bonds. The van der Waals surface area contributed by atoms with E-state index in [0.29, 0.717) is 5.69 Å². The summed E-state index contributed by atoms with van der Waals surface area (Å²) in [6.07, 6.45) is 0. The number of carbonyl (C=O) groups is 4. The first-order chi connectivity index (χ1) is 16.5. The molecule has 1 unspecified atom stereocenters. The molecular formula is C26H24N2O6S. The molecule has 35 heavy (non-hydrogen) atoms. The maximum atomic E-state index is 12.7. The molecule has 180 valence electrons. The van der Waals surface area contributed by atoms with Crippen molar-refractivity contribution in [2.24, 2.45) is 0 Å². The van der Waals surface area contributed by atoms with Crippen molar-refractivity contribution < 1.29 is 29.4 Å². The largest absolute Gasteiger partial charge is 0.478 e. The second-order valence-corrected chi connectivity index (χ2v) is 9.33. The lowest BCUT2D eigenvalue weighted by atomic mass is 10.0. The fourth-order valence-electron chi connectivity index (χ4n) is 3.34. The van der Waals surface area contributed by atoms with Crippen LogP contribution in [0, 0.1) is 13.8 Å². The van der Waals surface area contributed by atoms with Crippen LogP contribution in [0.25, 0.3) is 0 Å². The highest BCUT2D eigenvalue weighted by Gasteiger charge is 2.20. The second-order valence-electron chi connectivity index (χ2n) is 7.92. The molecule has 0 spiro atoms. The Morgan fingerprint density at radius 2 is 1.57 bits per heavy atom. The highest BCUT2D eigenvalue weighted by molar-refractivity contribution is 8.00. The number of carbonyl (C=O) groups excluding carboxylic acids is 2. The fourth-order valence-corrected chi connectivity index (χ4v) is 4.27.